The maximum Gasteiger partial charge on any atom is 0.349 e. The van der Waals surface area contributed by atoms with E-state index in [1.807, 2.05) is 0 Å². The molecule has 0 fully saturated rings. The van der Waals surface area contributed by atoms with Crippen LogP contribution in [-0.2, 0) is 14.4 Å². The van der Waals surface area contributed by atoms with Crippen molar-refractivity contribution in [1.29, 1.82) is 0 Å². The average Bonchev–Trinajstić information content (AvgIpc) is 1.83. The normalized spacial score (nSPS) is 9.12. The minimum atomic E-state index is -0.739. The van der Waals surface area contributed by atoms with Crippen molar-refractivity contribution in [3.05, 3.63) is 12.2 Å². The molecule has 0 aliphatic rings. The smallest absolute Gasteiger partial charge is 0.349 e. The predicted octanol–water partition coefficient (Wildman–Crippen LogP) is -0.842. The predicted molar refractivity (Wildman–Crippen MR) is 25.5 cm³/mol. The quantitative estimate of drug-likeness (QED) is 0.289. The number of hydrogen-bond acceptors (Lipinski definition) is 4. The van der Waals surface area contributed by atoms with E-state index in [1.54, 1.807) is 0 Å². The van der Waals surface area contributed by atoms with Gasteiger partial charge < -0.3 is 4.84 Å². The van der Waals surface area contributed by atoms with Crippen LogP contribution < -0.4 is 5.90 Å². The Hall–Kier alpha value is -1.16. The van der Waals surface area contributed by atoms with E-state index < -0.39 is 5.97 Å². The van der Waals surface area contributed by atoms with Crippen LogP contribution in [0, 0.1) is 0 Å². The van der Waals surface area contributed by atoms with Gasteiger partial charge in [0.2, 0.25) is 0 Å². The summed E-state index contributed by atoms with van der Waals surface area (Å²) in [6.45, 7) is 0. The van der Waals surface area contributed by atoms with Gasteiger partial charge in [0.15, 0.2) is 0 Å². The molecule has 4 nitrogen and oxygen atoms in total. The van der Waals surface area contributed by atoms with Crippen molar-refractivity contribution in [1.82, 2.24) is 0 Å². The Morgan fingerprint density at radius 1 is 1.62 bits per heavy atom. The molecule has 0 unspecified atom stereocenters. The van der Waals surface area contributed by atoms with Gasteiger partial charge in [0.05, 0.1) is 0 Å². The lowest BCUT2D eigenvalue weighted by atomic mass is 10.5. The molecule has 2 N–H and O–H groups in total. The lowest BCUT2D eigenvalue weighted by Gasteiger charge is -1.83. The van der Waals surface area contributed by atoms with Gasteiger partial charge in [0.1, 0.15) is 6.29 Å². The average molecular weight is 115 g/mol. The van der Waals surface area contributed by atoms with E-state index >= 15 is 0 Å². The standard InChI is InChI=1S/C4H5NO3/c5-8-4(7)2-1-3-6/h1-3H,5H2/b2-1-. The molecule has 0 bridgehead atoms. The maximum atomic E-state index is 9.98. The first-order valence-corrected chi connectivity index (χ1v) is 1.83. The highest BCUT2D eigenvalue weighted by atomic mass is 16.7. The number of hydrogen-bond donors (Lipinski definition) is 1. The summed E-state index contributed by atoms with van der Waals surface area (Å²) in [7, 11) is 0. The summed E-state index contributed by atoms with van der Waals surface area (Å²) in [6, 6.07) is 0. The molecule has 0 rings (SSSR count). The van der Waals surface area contributed by atoms with Crippen molar-refractivity contribution in [2.75, 3.05) is 0 Å². The number of allylic oxidation sites excluding steroid dienone is 1. The van der Waals surface area contributed by atoms with Gasteiger partial charge in [-0.1, -0.05) is 0 Å². The topological polar surface area (TPSA) is 69.4 Å². The number of aldehydes is 1. The third-order valence-corrected chi connectivity index (χ3v) is 0.427. The van der Waals surface area contributed by atoms with Gasteiger partial charge in [-0.25, -0.2) is 4.79 Å². The summed E-state index contributed by atoms with van der Waals surface area (Å²) in [5, 5.41) is 0. The van der Waals surface area contributed by atoms with Crippen molar-refractivity contribution in [3.63, 3.8) is 0 Å². The van der Waals surface area contributed by atoms with Crippen LogP contribution in [0.4, 0.5) is 0 Å². The monoisotopic (exact) mass is 115 g/mol. The van der Waals surface area contributed by atoms with E-state index in [0.717, 1.165) is 12.2 Å². The van der Waals surface area contributed by atoms with Crippen LogP contribution in [0.5, 0.6) is 0 Å². The second kappa shape index (κ2) is 4.01. The molecule has 0 amide bonds. The molecule has 0 aliphatic carbocycles. The highest BCUT2D eigenvalue weighted by molar-refractivity contribution is 5.86. The first-order chi connectivity index (χ1) is 3.81. The van der Waals surface area contributed by atoms with Crippen molar-refractivity contribution in [2.45, 2.75) is 0 Å². The molecular weight excluding hydrogens is 110 g/mol. The molecule has 44 valence electrons. The van der Waals surface area contributed by atoms with E-state index in [9.17, 15) is 9.59 Å². The number of nitrogens with two attached hydrogens (primary N) is 1. The summed E-state index contributed by atoms with van der Waals surface area (Å²) in [5.74, 6) is 3.66. The molecule has 0 saturated carbocycles. The van der Waals surface area contributed by atoms with Crippen LogP contribution in [-0.4, -0.2) is 12.3 Å². The Bertz CT molecular complexity index is 118. The van der Waals surface area contributed by atoms with Gasteiger partial charge in [-0.2, -0.15) is 5.90 Å². The molecule has 4 heteroatoms. The Labute approximate surface area is 45.9 Å². The van der Waals surface area contributed by atoms with Crippen molar-refractivity contribution in [2.24, 2.45) is 5.90 Å². The first kappa shape index (κ1) is 6.84. The van der Waals surface area contributed by atoms with E-state index in [0.29, 0.717) is 6.29 Å². The van der Waals surface area contributed by atoms with Crippen molar-refractivity contribution < 1.29 is 14.4 Å². The van der Waals surface area contributed by atoms with Crippen LogP contribution in [0.25, 0.3) is 0 Å². The van der Waals surface area contributed by atoms with Crippen LogP contribution in [0.15, 0.2) is 12.2 Å². The summed E-state index contributed by atoms with van der Waals surface area (Å²) in [5.41, 5.74) is 0. The van der Waals surface area contributed by atoms with Gasteiger partial charge in [-0.3, -0.25) is 4.79 Å². The Kier molecular flexibility index (Phi) is 3.43. The van der Waals surface area contributed by atoms with Crippen LogP contribution in [0.2, 0.25) is 0 Å². The fourth-order valence-electron chi connectivity index (χ4n) is 0.157. The van der Waals surface area contributed by atoms with Crippen LogP contribution >= 0.6 is 0 Å². The number of carbonyl (C=O) groups is 2. The second-order valence-electron chi connectivity index (χ2n) is 0.932. The highest BCUT2D eigenvalue weighted by Gasteiger charge is 1.87. The molecule has 0 saturated heterocycles. The summed E-state index contributed by atoms with van der Waals surface area (Å²) >= 11 is 0. The third kappa shape index (κ3) is 3.05. The molecule has 0 aromatic heterocycles. The lowest BCUT2D eigenvalue weighted by Crippen LogP contribution is -2.05. The SMILES string of the molecule is NOC(=O)/C=C\C=O. The van der Waals surface area contributed by atoms with Gasteiger partial charge >= 0.3 is 5.97 Å². The van der Waals surface area contributed by atoms with Crippen LogP contribution in [0.1, 0.15) is 0 Å². The zero-order valence-electron chi connectivity index (χ0n) is 4.03. The fraction of sp³-hybridized carbons (Fsp3) is 0. The van der Waals surface area contributed by atoms with E-state index in [1.165, 1.54) is 0 Å². The molecule has 0 aromatic rings. The van der Waals surface area contributed by atoms with E-state index in [4.69, 9.17) is 0 Å². The minimum absolute atomic E-state index is 0.455. The number of carbonyl (C=O) groups excluding carboxylic acids is 2. The summed E-state index contributed by atoms with van der Waals surface area (Å²) in [6.07, 6.45) is 2.37. The molecule has 8 heavy (non-hydrogen) atoms. The van der Waals surface area contributed by atoms with Gasteiger partial charge in [-0.15, -0.1) is 0 Å². The van der Waals surface area contributed by atoms with Gasteiger partial charge in [0, 0.05) is 6.08 Å². The first-order valence-electron chi connectivity index (χ1n) is 1.83. The van der Waals surface area contributed by atoms with Crippen LogP contribution in [0.3, 0.4) is 0 Å². The van der Waals surface area contributed by atoms with Gasteiger partial charge in [-0.05, 0) is 6.08 Å². The maximum absolute atomic E-state index is 9.98. The Morgan fingerprint density at radius 2 is 2.25 bits per heavy atom. The zero-order chi connectivity index (χ0) is 6.41. The highest BCUT2D eigenvalue weighted by Crippen LogP contribution is 1.70. The summed E-state index contributed by atoms with van der Waals surface area (Å²) < 4.78 is 0. The minimum Gasteiger partial charge on any atom is -0.370 e. The Morgan fingerprint density at radius 3 is 2.62 bits per heavy atom. The van der Waals surface area contributed by atoms with E-state index in [-0.39, 0.29) is 0 Å². The number of rotatable bonds is 2. The third-order valence-electron chi connectivity index (χ3n) is 0.427. The molecule has 0 aliphatic heterocycles. The second-order valence-corrected chi connectivity index (χ2v) is 0.932. The fourth-order valence-corrected chi connectivity index (χ4v) is 0.157. The van der Waals surface area contributed by atoms with Gasteiger partial charge in [0.25, 0.3) is 0 Å². The lowest BCUT2D eigenvalue weighted by molar-refractivity contribution is -0.138. The summed E-state index contributed by atoms with van der Waals surface area (Å²) in [4.78, 5) is 23.1. The molecular formula is C4H5NO3. The molecule has 0 spiro atoms. The largest absolute Gasteiger partial charge is 0.370 e. The molecule has 0 aromatic carbocycles. The zero-order valence-corrected chi connectivity index (χ0v) is 4.03. The van der Waals surface area contributed by atoms with E-state index in [2.05, 4.69) is 10.7 Å². The molecule has 0 atom stereocenters. The van der Waals surface area contributed by atoms with Crippen molar-refractivity contribution in [3.8, 4) is 0 Å². The molecule has 0 heterocycles. The Balaban J connectivity index is 3.52. The molecule has 0 radical (unpaired) electrons. The van der Waals surface area contributed by atoms with Crippen molar-refractivity contribution >= 4 is 12.3 Å².